The summed E-state index contributed by atoms with van der Waals surface area (Å²) in [4.78, 5) is 22.7. The number of aromatic nitrogens is 2. The van der Waals surface area contributed by atoms with Gasteiger partial charge in [-0.15, -0.1) is 5.11 Å². The molecular weight excluding hydrogens is 616 g/mol. The van der Waals surface area contributed by atoms with E-state index >= 15 is 0 Å². The Morgan fingerprint density at radius 1 is 0.717 bits per heavy atom. The zero-order chi connectivity index (χ0) is 33.2. The molecule has 232 valence electrons. The third-order valence-corrected chi connectivity index (χ3v) is 7.64. The van der Waals surface area contributed by atoms with E-state index in [9.17, 15) is 37.9 Å². The Morgan fingerprint density at radius 3 is 1.80 bits per heavy atom. The Labute approximate surface area is 261 Å². The molecule has 0 atom stereocenters. The van der Waals surface area contributed by atoms with Crippen LogP contribution in [0.5, 0.6) is 5.75 Å². The van der Waals surface area contributed by atoms with Gasteiger partial charge in [-0.25, -0.2) is 14.3 Å². The number of hydrogen-bond acceptors (Lipinski definition) is 10. The lowest BCUT2D eigenvalue weighted by atomic mass is 10.0. The fourth-order valence-electron chi connectivity index (χ4n) is 4.36. The summed E-state index contributed by atoms with van der Waals surface area (Å²) in [5.74, 6) is -2.97. The number of carboxylic acids is 2. The molecule has 14 nitrogen and oxygen atoms in total. The average Bonchev–Trinajstić information content (AvgIpc) is 3.45. The van der Waals surface area contributed by atoms with E-state index < -0.39 is 22.1 Å². The Kier molecular flexibility index (Phi) is 8.53. The summed E-state index contributed by atoms with van der Waals surface area (Å²) in [5.41, 5.74) is 4.34. The molecule has 0 saturated carbocycles. The van der Waals surface area contributed by atoms with Crippen molar-refractivity contribution in [2.75, 3.05) is 0 Å². The minimum atomic E-state index is -4.39. The molecule has 46 heavy (non-hydrogen) atoms. The quantitative estimate of drug-likeness (QED) is 0.0934. The second-order valence-corrected chi connectivity index (χ2v) is 11.4. The van der Waals surface area contributed by atoms with Gasteiger partial charge in [0.15, 0.2) is 5.69 Å². The minimum absolute atomic E-state index is 0.0262. The maximum absolute atomic E-state index is 11.8. The molecule has 1 aromatic heterocycles. The second-order valence-electron chi connectivity index (χ2n) is 9.99. The molecular formula is C31H24N6O8S. The van der Waals surface area contributed by atoms with E-state index in [1.54, 1.807) is 12.1 Å². The number of rotatable bonds is 9. The lowest BCUT2D eigenvalue weighted by Gasteiger charge is -2.08. The zero-order valence-corrected chi connectivity index (χ0v) is 24.9. The van der Waals surface area contributed by atoms with E-state index in [0.717, 1.165) is 34.4 Å². The fourth-order valence-corrected chi connectivity index (χ4v) is 4.84. The normalized spacial score (nSPS) is 11.8. The summed E-state index contributed by atoms with van der Waals surface area (Å²) < 4.78 is 33.0. The van der Waals surface area contributed by atoms with Gasteiger partial charge >= 0.3 is 11.9 Å². The van der Waals surface area contributed by atoms with Crippen molar-refractivity contribution in [2.24, 2.45) is 20.5 Å². The van der Waals surface area contributed by atoms with Crippen molar-refractivity contribution in [1.82, 2.24) is 9.78 Å². The molecule has 0 unspecified atom stereocenters. The minimum Gasteiger partial charge on any atom is -0.507 e. The van der Waals surface area contributed by atoms with Crippen LogP contribution in [0.25, 0.3) is 16.8 Å². The molecule has 15 heteroatoms. The number of carboxylic acid groups (broad SMARTS) is 2. The Hall–Kier alpha value is -6.06. The van der Waals surface area contributed by atoms with Crippen LogP contribution < -0.4 is 0 Å². The maximum atomic E-state index is 11.8. The van der Waals surface area contributed by atoms with Crippen molar-refractivity contribution in [1.29, 1.82) is 0 Å². The monoisotopic (exact) mass is 640 g/mol. The lowest BCUT2D eigenvalue weighted by Crippen LogP contribution is -2.02. The van der Waals surface area contributed by atoms with Crippen LogP contribution in [0.3, 0.4) is 0 Å². The SMILES string of the molecule is Cc1cc(-c2ccc(N=Nc3cn(-c4ccc(S(=O)(=O)O)cc4)nc3C(=O)O)c(C)c2)ccc1N=Nc1ccc(O)c(C(=O)O)c1. The van der Waals surface area contributed by atoms with Crippen molar-refractivity contribution in [3.8, 4) is 22.6 Å². The molecule has 4 aromatic carbocycles. The van der Waals surface area contributed by atoms with Crippen molar-refractivity contribution in [3.63, 3.8) is 0 Å². The summed E-state index contributed by atoms with van der Waals surface area (Å²) in [6.45, 7) is 3.69. The van der Waals surface area contributed by atoms with Gasteiger partial charge in [-0.1, -0.05) is 12.1 Å². The molecule has 5 rings (SSSR count). The first-order valence-electron chi connectivity index (χ1n) is 13.3. The van der Waals surface area contributed by atoms with Crippen LogP contribution >= 0.6 is 0 Å². The third kappa shape index (κ3) is 6.85. The van der Waals surface area contributed by atoms with E-state index in [0.29, 0.717) is 17.1 Å². The van der Waals surface area contributed by atoms with E-state index in [-0.39, 0.29) is 33.3 Å². The maximum Gasteiger partial charge on any atom is 0.358 e. The molecule has 0 fully saturated rings. The van der Waals surface area contributed by atoms with Crippen LogP contribution in [-0.4, -0.2) is 50.0 Å². The molecule has 0 aliphatic carbocycles. The molecule has 5 aromatic rings. The Bertz CT molecular complexity index is 2170. The highest BCUT2D eigenvalue weighted by Crippen LogP contribution is 2.32. The standard InChI is InChI=1S/C31H24N6O8S/c1-17-13-19(3-10-25(17)33-32-21-5-12-28(38)24(15-21)30(39)40)20-4-11-26(18(2)14-20)34-35-27-16-37(36-29(27)31(41)42)22-6-8-23(9-7-22)46(43,44)45/h3-16,38H,1-2H3,(H,39,40)(H,41,42)(H,43,44,45). The van der Waals surface area contributed by atoms with E-state index in [2.05, 4.69) is 25.6 Å². The second kappa shape index (κ2) is 12.5. The first-order valence-corrected chi connectivity index (χ1v) is 14.8. The highest BCUT2D eigenvalue weighted by molar-refractivity contribution is 7.85. The van der Waals surface area contributed by atoms with Gasteiger partial charge in [-0.3, -0.25) is 4.55 Å². The number of aromatic carboxylic acids is 2. The van der Waals surface area contributed by atoms with Gasteiger partial charge in [0.05, 0.1) is 33.8 Å². The molecule has 0 aliphatic rings. The molecule has 0 saturated heterocycles. The predicted octanol–water partition coefficient (Wildman–Crippen LogP) is 7.34. The van der Waals surface area contributed by atoms with Gasteiger partial charge in [0, 0.05) is 0 Å². The Morgan fingerprint density at radius 2 is 1.28 bits per heavy atom. The van der Waals surface area contributed by atoms with Crippen molar-refractivity contribution < 1.29 is 37.9 Å². The number of nitrogens with zero attached hydrogens (tertiary/aromatic N) is 6. The van der Waals surface area contributed by atoms with Crippen molar-refractivity contribution in [2.45, 2.75) is 18.7 Å². The average molecular weight is 641 g/mol. The summed E-state index contributed by atoms with van der Waals surface area (Å²) in [7, 11) is -4.39. The van der Waals surface area contributed by atoms with E-state index in [1.165, 1.54) is 41.2 Å². The van der Waals surface area contributed by atoms with Gasteiger partial charge in [0.1, 0.15) is 17.0 Å². The zero-order valence-electron chi connectivity index (χ0n) is 24.1. The fraction of sp³-hybridized carbons (Fsp3) is 0.0645. The molecule has 4 N–H and O–H groups in total. The van der Waals surface area contributed by atoms with E-state index in [4.69, 9.17) is 0 Å². The van der Waals surface area contributed by atoms with Crippen molar-refractivity contribution in [3.05, 3.63) is 107 Å². The summed E-state index contributed by atoms with van der Waals surface area (Å²) >= 11 is 0. The number of benzene rings is 4. The highest BCUT2D eigenvalue weighted by Gasteiger charge is 2.18. The number of aromatic hydroxyl groups is 1. The summed E-state index contributed by atoms with van der Waals surface area (Å²) in [5, 5.41) is 49.2. The summed E-state index contributed by atoms with van der Waals surface area (Å²) in [6, 6.07) is 20.0. The van der Waals surface area contributed by atoms with Crippen LogP contribution in [0, 0.1) is 13.8 Å². The predicted molar refractivity (Wildman–Crippen MR) is 165 cm³/mol. The van der Waals surface area contributed by atoms with Crippen LogP contribution in [-0.2, 0) is 10.1 Å². The van der Waals surface area contributed by atoms with Gasteiger partial charge in [-0.05, 0) is 103 Å². The topological polar surface area (TPSA) is 216 Å². The molecule has 0 bridgehead atoms. The van der Waals surface area contributed by atoms with Gasteiger partial charge in [-0.2, -0.15) is 28.9 Å². The summed E-state index contributed by atoms with van der Waals surface area (Å²) in [6.07, 6.45) is 1.34. The van der Waals surface area contributed by atoms with Crippen LogP contribution in [0.2, 0.25) is 0 Å². The third-order valence-electron chi connectivity index (χ3n) is 6.77. The van der Waals surface area contributed by atoms with Gasteiger partial charge < -0.3 is 15.3 Å². The lowest BCUT2D eigenvalue weighted by molar-refractivity contribution is 0.0681. The molecule has 0 aliphatic heterocycles. The van der Waals surface area contributed by atoms with Crippen LogP contribution in [0.1, 0.15) is 32.0 Å². The number of azo groups is 2. The number of phenols is 1. The Balaban J connectivity index is 1.35. The van der Waals surface area contributed by atoms with Crippen LogP contribution in [0.15, 0.2) is 110 Å². The van der Waals surface area contributed by atoms with Gasteiger partial charge in [0.25, 0.3) is 10.1 Å². The molecule has 0 spiro atoms. The first-order chi connectivity index (χ1) is 21.8. The van der Waals surface area contributed by atoms with E-state index in [1.807, 2.05) is 38.1 Å². The van der Waals surface area contributed by atoms with Crippen LogP contribution in [0.4, 0.5) is 22.7 Å². The number of hydrogen-bond donors (Lipinski definition) is 4. The molecule has 0 amide bonds. The first kappa shape index (κ1) is 31.4. The van der Waals surface area contributed by atoms with Crippen molar-refractivity contribution >= 4 is 44.8 Å². The number of aryl methyl sites for hydroxylation is 2. The van der Waals surface area contributed by atoms with Gasteiger partial charge in [0.2, 0.25) is 0 Å². The smallest absolute Gasteiger partial charge is 0.358 e. The molecule has 0 radical (unpaired) electrons. The molecule has 1 heterocycles. The highest BCUT2D eigenvalue weighted by atomic mass is 32.2. The largest absolute Gasteiger partial charge is 0.507 e. The number of carbonyl (C=O) groups is 2.